The third-order valence-corrected chi connectivity index (χ3v) is 1.97. The Labute approximate surface area is 78.2 Å². The van der Waals surface area contributed by atoms with Gasteiger partial charge in [-0.25, -0.2) is 0 Å². The molecule has 0 amide bonds. The Kier molecular flexibility index (Phi) is 4.03. The summed E-state index contributed by atoms with van der Waals surface area (Å²) >= 11 is 0. The number of aromatic hydroxyl groups is 1. The molecule has 0 saturated carbocycles. The van der Waals surface area contributed by atoms with Crippen molar-refractivity contribution in [3.8, 4) is 5.75 Å². The van der Waals surface area contributed by atoms with Crippen molar-refractivity contribution in [1.29, 1.82) is 0 Å². The van der Waals surface area contributed by atoms with Gasteiger partial charge >= 0.3 is 0 Å². The maximum Gasteiger partial charge on any atom is 0.119 e. The van der Waals surface area contributed by atoms with Crippen molar-refractivity contribution in [3.63, 3.8) is 0 Å². The highest BCUT2D eigenvalue weighted by Gasteiger charge is 1.93. The van der Waals surface area contributed by atoms with Gasteiger partial charge in [0.05, 0.1) is 0 Å². The van der Waals surface area contributed by atoms with Gasteiger partial charge in [0.15, 0.2) is 0 Å². The summed E-state index contributed by atoms with van der Waals surface area (Å²) in [6, 6.07) is 7.20. The topological polar surface area (TPSA) is 37.3 Å². The number of carbonyl (C=O) groups is 1. The largest absolute Gasteiger partial charge is 0.508 e. The fourth-order valence-corrected chi connectivity index (χ4v) is 1.22. The molecule has 2 heteroatoms. The number of benzene rings is 1. The van der Waals surface area contributed by atoms with E-state index in [2.05, 4.69) is 0 Å². The van der Waals surface area contributed by atoms with E-state index in [-0.39, 0.29) is 0 Å². The van der Waals surface area contributed by atoms with Crippen molar-refractivity contribution < 1.29 is 9.90 Å². The van der Waals surface area contributed by atoms with Gasteiger partial charge in [-0.2, -0.15) is 0 Å². The van der Waals surface area contributed by atoms with Crippen molar-refractivity contribution in [1.82, 2.24) is 0 Å². The van der Waals surface area contributed by atoms with E-state index in [0.29, 0.717) is 12.2 Å². The van der Waals surface area contributed by atoms with Gasteiger partial charge in [0.1, 0.15) is 12.0 Å². The van der Waals surface area contributed by atoms with Crippen molar-refractivity contribution in [3.05, 3.63) is 29.8 Å². The van der Waals surface area contributed by atoms with E-state index >= 15 is 0 Å². The molecule has 2 nitrogen and oxygen atoms in total. The molecule has 0 atom stereocenters. The molecule has 70 valence electrons. The third kappa shape index (κ3) is 3.74. The molecule has 1 aromatic rings. The van der Waals surface area contributed by atoms with Crippen molar-refractivity contribution >= 4 is 6.29 Å². The molecule has 0 radical (unpaired) electrons. The number of hydrogen-bond acceptors (Lipinski definition) is 2. The predicted molar refractivity (Wildman–Crippen MR) is 51.7 cm³/mol. The minimum Gasteiger partial charge on any atom is -0.508 e. The number of phenolic OH excluding ortho intramolecular Hbond substituents is 1. The lowest BCUT2D eigenvalue weighted by molar-refractivity contribution is -0.107. The Bertz CT molecular complexity index is 251. The van der Waals surface area contributed by atoms with Gasteiger partial charge < -0.3 is 9.90 Å². The Hall–Kier alpha value is -1.31. The molecule has 0 aliphatic rings. The fraction of sp³-hybridized carbons (Fsp3) is 0.364. The summed E-state index contributed by atoms with van der Waals surface area (Å²) in [5.74, 6) is 0.302. The first kappa shape index (κ1) is 9.78. The van der Waals surface area contributed by atoms with Crippen LogP contribution >= 0.6 is 0 Å². The zero-order valence-corrected chi connectivity index (χ0v) is 7.57. The van der Waals surface area contributed by atoms with E-state index in [1.54, 1.807) is 12.1 Å². The molecule has 0 aliphatic carbocycles. The molecule has 0 heterocycles. The highest BCUT2D eigenvalue weighted by molar-refractivity contribution is 5.48. The molecule has 0 aliphatic heterocycles. The number of hydrogen-bond donors (Lipinski definition) is 1. The zero-order valence-electron chi connectivity index (χ0n) is 7.57. The second kappa shape index (κ2) is 5.36. The van der Waals surface area contributed by atoms with E-state index in [1.165, 1.54) is 5.56 Å². The third-order valence-electron chi connectivity index (χ3n) is 1.97. The lowest BCUT2D eigenvalue weighted by Crippen LogP contribution is -1.85. The molecular formula is C11H14O2. The minimum absolute atomic E-state index is 0.302. The van der Waals surface area contributed by atoms with Crippen LogP contribution in [0, 0.1) is 0 Å². The standard InChI is InChI=1S/C11H14O2/c12-9-3-1-2-4-10-5-7-11(13)8-6-10/h5-9,13H,1-4H2. The Balaban J connectivity index is 2.28. The number of aryl methyl sites for hydroxylation is 1. The summed E-state index contributed by atoms with van der Waals surface area (Å²) in [5, 5.41) is 9.02. The quantitative estimate of drug-likeness (QED) is 0.555. The molecule has 1 N–H and O–H groups in total. The molecule has 1 rings (SSSR count). The van der Waals surface area contributed by atoms with Crippen molar-refractivity contribution in [2.45, 2.75) is 25.7 Å². The van der Waals surface area contributed by atoms with E-state index in [4.69, 9.17) is 5.11 Å². The molecule has 0 saturated heterocycles. The maximum atomic E-state index is 10.0. The predicted octanol–water partition coefficient (Wildman–Crippen LogP) is 2.30. The normalized spacial score (nSPS) is 9.85. The van der Waals surface area contributed by atoms with Crippen molar-refractivity contribution in [2.75, 3.05) is 0 Å². The average Bonchev–Trinajstić information content (AvgIpc) is 2.15. The molecule has 0 bridgehead atoms. The van der Waals surface area contributed by atoms with Crippen molar-refractivity contribution in [2.24, 2.45) is 0 Å². The number of rotatable bonds is 5. The molecule has 0 aromatic heterocycles. The summed E-state index contributed by atoms with van der Waals surface area (Å²) in [6.45, 7) is 0. The van der Waals surface area contributed by atoms with Crippen LogP contribution in [0.25, 0.3) is 0 Å². The fourth-order valence-electron chi connectivity index (χ4n) is 1.22. The number of aldehydes is 1. The van der Waals surface area contributed by atoms with Gasteiger partial charge in [-0.05, 0) is 37.0 Å². The summed E-state index contributed by atoms with van der Waals surface area (Å²) in [6.07, 6.45) is 4.57. The van der Waals surface area contributed by atoms with Crippen LogP contribution in [0.5, 0.6) is 5.75 Å². The second-order valence-electron chi connectivity index (χ2n) is 3.08. The number of unbranched alkanes of at least 4 members (excludes halogenated alkanes) is 2. The summed E-state index contributed by atoms with van der Waals surface area (Å²) in [4.78, 5) is 10.0. The highest BCUT2D eigenvalue weighted by atomic mass is 16.3. The van der Waals surface area contributed by atoms with Crippen LogP contribution in [-0.2, 0) is 11.2 Å². The van der Waals surface area contributed by atoms with Crippen LogP contribution < -0.4 is 0 Å². The SMILES string of the molecule is O=CCCCCc1ccc(O)cc1. The smallest absolute Gasteiger partial charge is 0.119 e. The Morgan fingerprint density at radius 2 is 1.85 bits per heavy atom. The summed E-state index contributed by atoms with van der Waals surface area (Å²) in [5.41, 5.74) is 1.21. The number of carbonyl (C=O) groups excluding carboxylic acids is 1. The average molecular weight is 178 g/mol. The number of phenols is 1. The maximum absolute atomic E-state index is 10.0. The molecule has 13 heavy (non-hydrogen) atoms. The molecule has 0 fully saturated rings. The van der Waals surface area contributed by atoms with Crippen LogP contribution in [0.1, 0.15) is 24.8 Å². The lowest BCUT2D eigenvalue weighted by atomic mass is 10.1. The van der Waals surface area contributed by atoms with Gasteiger partial charge in [-0.15, -0.1) is 0 Å². The molecule has 0 spiro atoms. The highest BCUT2D eigenvalue weighted by Crippen LogP contribution is 2.11. The zero-order chi connectivity index (χ0) is 9.52. The molecule has 0 unspecified atom stereocenters. The van der Waals surface area contributed by atoms with E-state index < -0.39 is 0 Å². The minimum atomic E-state index is 0.302. The first-order valence-corrected chi connectivity index (χ1v) is 4.54. The monoisotopic (exact) mass is 178 g/mol. The van der Waals surface area contributed by atoms with Crippen LogP contribution in [0.15, 0.2) is 24.3 Å². The van der Waals surface area contributed by atoms with Gasteiger partial charge in [0.25, 0.3) is 0 Å². The molecule has 1 aromatic carbocycles. The van der Waals surface area contributed by atoms with Crippen LogP contribution in [0.3, 0.4) is 0 Å². The van der Waals surface area contributed by atoms with Crippen LogP contribution in [0.2, 0.25) is 0 Å². The van der Waals surface area contributed by atoms with Gasteiger partial charge in [0.2, 0.25) is 0 Å². The Morgan fingerprint density at radius 3 is 2.46 bits per heavy atom. The second-order valence-corrected chi connectivity index (χ2v) is 3.08. The van der Waals surface area contributed by atoms with Gasteiger partial charge in [-0.1, -0.05) is 12.1 Å². The van der Waals surface area contributed by atoms with Gasteiger partial charge in [-0.3, -0.25) is 0 Å². The first-order chi connectivity index (χ1) is 6.33. The van der Waals surface area contributed by atoms with E-state index in [1.807, 2.05) is 12.1 Å². The first-order valence-electron chi connectivity index (χ1n) is 4.54. The van der Waals surface area contributed by atoms with E-state index in [9.17, 15) is 4.79 Å². The summed E-state index contributed by atoms with van der Waals surface area (Å²) < 4.78 is 0. The summed E-state index contributed by atoms with van der Waals surface area (Å²) in [7, 11) is 0. The molecular weight excluding hydrogens is 164 g/mol. The van der Waals surface area contributed by atoms with Crippen LogP contribution in [-0.4, -0.2) is 11.4 Å². The Morgan fingerprint density at radius 1 is 1.15 bits per heavy atom. The van der Waals surface area contributed by atoms with Crippen LogP contribution in [0.4, 0.5) is 0 Å². The lowest BCUT2D eigenvalue weighted by Gasteiger charge is -1.99. The van der Waals surface area contributed by atoms with E-state index in [0.717, 1.165) is 25.5 Å². The van der Waals surface area contributed by atoms with Gasteiger partial charge in [0, 0.05) is 6.42 Å².